The average Bonchev–Trinajstić information content (AvgIpc) is 2.13. The molecule has 0 radical (unpaired) electrons. The Morgan fingerprint density at radius 1 is 1.29 bits per heavy atom. The fraction of sp³-hybridized carbons (Fsp3) is 0.867. The summed E-state index contributed by atoms with van der Waals surface area (Å²) in [5.41, 5.74) is 1.48. The van der Waals surface area contributed by atoms with Crippen molar-refractivity contribution >= 4 is 0 Å². The Morgan fingerprint density at radius 3 is 2.59 bits per heavy atom. The van der Waals surface area contributed by atoms with Crippen LogP contribution in [0.4, 0.5) is 0 Å². The zero-order valence-electron chi connectivity index (χ0n) is 11.8. The van der Waals surface area contributed by atoms with Gasteiger partial charge in [0.2, 0.25) is 0 Å². The summed E-state index contributed by atoms with van der Waals surface area (Å²) in [6.45, 7) is 12.0. The molecule has 98 valence electrons. The van der Waals surface area contributed by atoms with Crippen LogP contribution in [0.2, 0.25) is 0 Å². The molecule has 1 fully saturated rings. The zero-order valence-corrected chi connectivity index (χ0v) is 11.8. The van der Waals surface area contributed by atoms with Gasteiger partial charge in [0.05, 0.1) is 12.2 Å². The Bertz CT molecular complexity index is 306. The van der Waals surface area contributed by atoms with E-state index in [0.29, 0.717) is 17.8 Å². The molecule has 0 amide bonds. The van der Waals surface area contributed by atoms with Crippen LogP contribution in [0.15, 0.2) is 11.6 Å². The van der Waals surface area contributed by atoms with Gasteiger partial charge in [-0.25, -0.2) is 0 Å². The normalized spacial score (nSPS) is 42.1. The van der Waals surface area contributed by atoms with Crippen molar-refractivity contribution in [2.45, 2.75) is 59.4 Å². The topological polar surface area (TPSA) is 18.5 Å². The third-order valence-electron chi connectivity index (χ3n) is 4.19. The maximum atomic E-state index is 6.14. The van der Waals surface area contributed by atoms with Crippen molar-refractivity contribution in [2.75, 3.05) is 6.61 Å². The van der Waals surface area contributed by atoms with Gasteiger partial charge in [-0.2, -0.15) is 0 Å². The van der Waals surface area contributed by atoms with Gasteiger partial charge in [-0.05, 0) is 45.4 Å². The third kappa shape index (κ3) is 2.92. The summed E-state index contributed by atoms with van der Waals surface area (Å²) < 4.78 is 12.0. The molecule has 1 aliphatic carbocycles. The van der Waals surface area contributed by atoms with E-state index >= 15 is 0 Å². The minimum absolute atomic E-state index is 0.0203. The van der Waals surface area contributed by atoms with Crippen molar-refractivity contribution in [1.82, 2.24) is 0 Å². The second-order valence-electron chi connectivity index (χ2n) is 6.50. The minimum atomic E-state index is -0.0292. The SMILES string of the molecule is CC1=C[C@@H](C)[C@@H]([C@H]2OCCC(C)(C)O2)[C@@H](C)C1. The molecular formula is C15H26O2. The fourth-order valence-electron chi connectivity index (χ4n) is 3.32. The van der Waals surface area contributed by atoms with Crippen LogP contribution < -0.4 is 0 Å². The molecule has 1 heterocycles. The van der Waals surface area contributed by atoms with E-state index in [2.05, 4.69) is 40.7 Å². The molecule has 0 unspecified atom stereocenters. The molecule has 1 aliphatic heterocycles. The Balaban J connectivity index is 2.11. The first-order chi connectivity index (χ1) is 7.89. The van der Waals surface area contributed by atoms with Gasteiger partial charge < -0.3 is 9.47 Å². The lowest BCUT2D eigenvalue weighted by molar-refractivity contribution is -0.275. The number of rotatable bonds is 1. The summed E-state index contributed by atoms with van der Waals surface area (Å²) in [5, 5.41) is 0. The van der Waals surface area contributed by atoms with Gasteiger partial charge in [-0.15, -0.1) is 0 Å². The standard InChI is InChI=1S/C15H26O2/c1-10-8-11(2)13(12(3)9-10)14-16-7-6-15(4,5)17-14/h8,11-14H,6-7,9H2,1-5H3/t11-,12+,13-,14+/m1/s1. The summed E-state index contributed by atoms with van der Waals surface area (Å²) >= 11 is 0. The smallest absolute Gasteiger partial charge is 0.161 e. The van der Waals surface area contributed by atoms with Gasteiger partial charge in [0.1, 0.15) is 0 Å². The van der Waals surface area contributed by atoms with E-state index in [4.69, 9.17) is 9.47 Å². The maximum absolute atomic E-state index is 6.14. The van der Waals surface area contributed by atoms with E-state index in [1.165, 1.54) is 12.0 Å². The van der Waals surface area contributed by atoms with E-state index in [9.17, 15) is 0 Å². The Kier molecular flexibility index (Phi) is 3.65. The molecular weight excluding hydrogens is 212 g/mol. The number of allylic oxidation sites excluding steroid dienone is 2. The lowest BCUT2D eigenvalue weighted by Crippen LogP contribution is -2.46. The summed E-state index contributed by atoms with van der Waals surface area (Å²) in [4.78, 5) is 0. The first-order valence-corrected chi connectivity index (χ1v) is 6.86. The molecule has 0 aromatic heterocycles. The molecule has 2 heteroatoms. The minimum Gasteiger partial charge on any atom is -0.352 e. The zero-order chi connectivity index (χ0) is 12.6. The second-order valence-corrected chi connectivity index (χ2v) is 6.50. The molecule has 0 N–H and O–H groups in total. The largest absolute Gasteiger partial charge is 0.352 e. The summed E-state index contributed by atoms with van der Waals surface area (Å²) in [6, 6.07) is 0. The van der Waals surface area contributed by atoms with Gasteiger partial charge in [0, 0.05) is 5.92 Å². The van der Waals surface area contributed by atoms with Crippen LogP contribution in [0.5, 0.6) is 0 Å². The van der Waals surface area contributed by atoms with Crippen molar-refractivity contribution < 1.29 is 9.47 Å². The molecule has 0 spiro atoms. The van der Waals surface area contributed by atoms with Crippen LogP contribution in [-0.2, 0) is 9.47 Å². The number of ether oxygens (including phenoxy) is 2. The predicted molar refractivity (Wildman–Crippen MR) is 69.7 cm³/mol. The van der Waals surface area contributed by atoms with Gasteiger partial charge in [-0.3, -0.25) is 0 Å². The van der Waals surface area contributed by atoms with E-state index < -0.39 is 0 Å². The maximum Gasteiger partial charge on any atom is 0.161 e. The number of hydrogen-bond donors (Lipinski definition) is 0. The molecule has 0 aromatic carbocycles. The first-order valence-electron chi connectivity index (χ1n) is 6.86. The van der Waals surface area contributed by atoms with Gasteiger partial charge in [-0.1, -0.05) is 25.5 Å². The van der Waals surface area contributed by atoms with Crippen LogP contribution in [0.3, 0.4) is 0 Å². The first kappa shape index (κ1) is 13.1. The van der Waals surface area contributed by atoms with Crippen molar-refractivity contribution in [3.8, 4) is 0 Å². The molecule has 0 bridgehead atoms. The van der Waals surface area contributed by atoms with Crippen molar-refractivity contribution in [3.63, 3.8) is 0 Å². The van der Waals surface area contributed by atoms with Crippen molar-refractivity contribution in [1.29, 1.82) is 0 Å². The highest BCUT2D eigenvalue weighted by molar-refractivity contribution is 5.09. The highest BCUT2D eigenvalue weighted by atomic mass is 16.7. The molecule has 0 saturated carbocycles. The summed E-state index contributed by atoms with van der Waals surface area (Å²) in [7, 11) is 0. The highest BCUT2D eigenvalue weighted by Gasteiger charge is 2.40. The van der Waals surface area contributed by atoms with E-state index in [0.717, 1.165) is 13.0 Å². The van der Waals surface area contributed by atoms with E-state index in [1.54, 1.807) is 0 Å². The second kappa shape index (κ2) is 4.74. The molecule has 2 nitrogen and oxygen atoms in total. The molecule has 2 aliphatic rings. The predicted octanol–water partition coefficient (Wildman–Crippen LogP) is 3.77. The van der Waals surface area contributed by atoms with Gasteiger partial charge in [0.25, 0.3) is 0 Å². The van der Waals surface area contributed by atoms with Crippen LogP contribution in [-0.4, -0.2) is 18.5 Å². The van der Waals surface area contributed by atoms with Crippen molar-refractivity contribution in [2.24, 2.45) is 17.8 Å². The number of hydrogen-bond acceptors (Lipinski definition) is 2. The Hall–Kier alpha value is -0.340. The van der Waals surface area contributed by atoms with E-state index in [1.807, 2.05) is 0 Å². The van der Waals surface area contributed by atoms with Crippen LogP contribution >= 0.6 is 0 Å². The van der Waals surface area contributed by atoms with E-state index in [-0.39, 0.29) is 11.9 Å². The fourth-order valence-corrected chi connectivity index (χ4v) is 3.32. The van der Waals surface area contributed by atoms with Crippen LogP contribution in [0, 0.1) is 17.8 Å². The third-order valence-corrected chi connectivity index (χ3v) is 4.19. The highest BCUT2D eigenvalue weighted by Crippen LogP contribution is 2.40. The lowest BCUT2D eigenvalue weighted by Gasteiger charge is -2.44. The van der Waals surface area contributed by atoms with Gasteiger partial charge >= 0.3 is 0 Å². The molecule has 2 rings (SSSR count). The Labute approximate surface area is 105 Å². The van der Waals surface area contributed by atoms with Crippen LogP contribution in [0.25, 0.3) is 0 Å². The average molecular weight is 238 g/mol. The molecule has 17 heavy (non-hydrogen) atoms. The molecule has 0 aromatic rings. The molecule has 1 saturated heterocycles. The molecule has 4 atom stereocenters. The van der Waals surface area contributed by atoms with Crippen molar-refractivity contribution in [3.05, 3.63) is 11.6 Å². The lowest BCUT2D eigenvalue weighted by atomic mass is 9.74. The summed E-state index contributed by atoms with van der Waals surface area (Å²) in [5.74, 6) is 1.70. The summed E-state index contributed by atoms with van der Waals surface area (Å²) in [6.07, 6.45) is 4.54. The Morgan fingerprint density at radius 2 is 2.00 bits per heavy atom. The monoisotopic (exact) mass is 238 g/mol. The van der Waals surface area contributed by atoms with Gasteiger partial charge in [0.15, 0.2) is 6.29 Å². The van der Waals surface area contributed by atoms with Crippen LogP contribution in [0.1, 0.15) is 47.5 Å². The quantitative estimate of drug-likeness (QED) is 0.647.